The van der Waals surface area contributed by atoms with E-state index in [-0.39, 0.29) is 6.04 Å². The van der Waals surface area contributed by atoms with Crippen LogP contribution in [0.4, 0.5) is 0 Å². The van der Waals surface area contributed by atoms with Crippen LogP contribution in [-0.4, -0.2) is 14.8 Å². The SMILES string of the molecule is CC[C@@H](N)c1ncnn1CC. The third kappa shape index (κ3) is 1.57. The summed E-state index contributed by atoms with van der Waals surface area (Å²) in [6.07, 6.45) is 2.45. The topological polar surface area (TPSA) is 56.7 Å². The predicted octanol–water partition coefficient (Wildman–Crippen LogP) is 0.708. The van der Waals surface area contributed by atoms with Crippen LogP contribution in [-0.2, 0) is 6.54 Å². The largest absolute Gasteiger partial charge is 0.321 e. The van der Waals surface area contributed by atoms with Crippen LogP contribution in [0.15, 0.2) is 6.33 Å². The van der Waals surface area contributed by atoms with E-state index in [0.717, 1.165) is 18.8 Å². The van der Waals surface area contributed by atoms with E-state index < -0.39 is 0 Å². The molecule has 0 fully saturated rings. The van der Waals surface area contributed by atoms with Gasteiger partial charge in [0.25, 0.3) is 0 Å². The molecule has 0 radical (unpaired) electrons. The number of aromatic nitrogens is 3. The lowest BCUT2D eigenvalue weighted by atomic mass is 10.2. The lowest BCUT2D eigenvalue weighted by Gasteiger charge is -2.07. The molecule has 1 rings (SSSR count). The van der Waals surface area contributed by atoms with Gasteiger partial charge in [-0.1, -0.05) is 6.92 Å². The zero-order valence-electron chi connectivity index (χ0n) is 6.99. The Labute approximate surface area is 66.4 Å². The van der Waals surface area contributed by atoms with Crippen LogP contribution >= 0.6 is 0 Å². The summed E-state index contributed by atoms with van der Waals surface area (Å²) in [6, 6.07) is 0.0254. The fourth-order valence-corrected chi connectivity index (χ4v) is 0.986. The summed E-state index contributed by atoms with van der Waals surface area (Å²) >= 11 is 0. The van der Waals surface area contributed by atoms with Crippen molar-refractivity contribution in [1.82, 2.24) is 14.8 Å². The first-order valence-corrected chi connectivity index (χ1v) is 3.92. The van der Waals surface area contributed by atoms with E-state index in [0.29, 0.717) is 0 Å². The van der Waals surface area contributed by atoms with Crippen LogP contribution in [0.5, 0.6) is 0 Å². The summed E-state index contributed by atoms with van der Waals surface area (Å²) in [5, 5.41) is 4.03. The Morgan fingerprint density at radius 1 is 1.64 bits per heavy atom. The molecule has 0 aliphatic heterocycles. The Balaban J connectivity index is 2.83. The molecule has 11 heavy (non-hydrogen) atoms. The highest BCUT2D eigenvalue weighted by molar-refractivity contribution is 4.91. The Hall–Kier alpha value is -0.900. The van der Waals surface area contributed by atoms with E-state index in [1.54, 1.807) is 6.33 Å². The maximum absolute atomic E-state index is 5.79. The summed E-state index contributed by atoms with van der Waals surface area (Å²) in [5.41, 5.74) is 5.79. The molecule has 0 saturated carbocycles. The normalized spacial score (nSPS) is 13.4. The molecule has 0 amide bonds. The smallest absolute Gasteiger partial charge is 0.143 e. The second-order valence-corrected chi connectivity index (χ2v) is 2.45. The van der Waals surface area contributed by atoms with Crippen molar-refractivity contribution in [2.24, 2.45) is 5.73 Å². The highest BCUT2D eigenvalue weighted by Gasteiger charge is 2.09. The molecule has 62 valence electrons. The van der Waals surface area contributed by atoms with Crippen LogP contribution in [0.2, 0.25) is 0 Å². The first kappa shape index (κ1) is 8.20. The molecule has 0 aromatic carbocycles. The fourth-order valence-electron chi connectivity index (χ4n) is 0.986. The second kappa shape index (κ2) is 3.48. The highest BCUT2D eigenvalue weighted by atomic mass is 15.3. The molecule has 2 N–H and O–H groups in total. The molecule has 4 nitrogen and oxygen atoms in total. The molecule has 1 aromatic rings. The van der Waals surface area contributed by atoms with Gasteiger partial charge in [-0.15, -0.1) is 0 Å². The molecular formula is C7H14N4. The van der Waals surface area contributed by atoms with Gasteiger partial charge in [-0.25, -0.2) is 9.67 Å². The molecular weight excluding hydrogens is 140 g/mol. The van der Waals surface area contributed by atoms with E-state index >= 15 is 0 Å². The summed E-state index contributed by atoms with van der Waals surface area (Å²) in [6.45, 7) is 4.91. The molecule has 0 saturated heterocycles. The first-order valence-electron chi connectivity index (χ1n) is 3.92. The average molecular weight is 154 g/mol. The summed E-state index contributed by atoms with van der Waals surface area (Å²) in [7, 11) is 0. The van der Waals surface area contributed by atoms with Crippen molar-refractivity contribution in [3.63, 3.8) is 0 Å². The molecule has 1 heterocycles. The second-order valence-electron chi connectivity index (χ2n) is 2.45. The Bertz CT molecular complexity index is 218. The third-order valence-electron chi connectivity index (χ3n) is 1.72. The van der Waals surface area contributed by atoms with Crippen LogP contribution in [0.3, 0.4) is 0 Å². The number of rotatable bonds is 3. The molecule has 0 spiro atoms. The van der Waals surface area contributed by atoms with Gasteiger partial charge in [0.15, 0.2) is 0 Å². The molecule has 0 bridgehead atoms. The Kier molecular flexibility index (Phi) is 2.59. The molecule has 1 aromatic heterocycles. The quantitative estimate of drug-likeness (QED) is 0.697. The monoisotopic (exact) mass is 154 g/mol. The van der Waals surface area contributed by atoms with Gasteiger partial charge < -0.3 is 5.73 Å². The van der Waals surface area contributed by atoms with Gasteiger partial charge in [0.05, 0.1) is 6.04 Å². The van der Waals surface area contributed by atoms with Crippen molar-refractivity contribution in [1.29, 1.82) is 0 Å². The summed E-state index contributed by atoms with van der Waals surface area (Å²) < 4.78 is 1.83. The van der Waals surface area contributed by atoms with Crippen LogP contribution in [0, 0.1) is 0 Å². The van der Waals surface area contributed by atoms with Gasteiger partial charge in [0.1, 0.15) is 12.2 Å². The lowest BCUT2D eigenvalue weighted by Crippen LogP contribution is -2.16. The minimum atomic E-state index is 0.0254. The van der Waals surface area contributed by atoms with Crippen molar-refractivity contribution in [3.8, 4) is 0 Å². The molecule has 0 unspecified atom stereocenters. The zero-order chi connectivity index (χ0) is 8.27. The maximum Gasteiger partial charge on any atom is 0.143 e. The molecule has 4 heteroatoms. The van der Waals surface area contributed by atoms with Crippen LogP contribution in [0.1, 0.15) is 32.1 Å². The van der Waals surface area contributed by atoms with E-state index in [9.17, 15) is 0 Å². The van der Waals surface area contributed by atoms with E-state index in [4.69, 9.17) is 5.73 Å². The number of hydrogen-bond donors (Lipinski definition) is 1. The third-order valence-corrected chi connectivity index (χ3v) is 1.72. The van der Waals surface area contributed by atoms with Gasteiger partial charge >= 0.3 is 0 Å². The van der Waals surface area contributed by atoms with E-state index in [1.807, 2.05) is 18.5 Å². The average Bonchev–Trinajstić information content (AvgIpc) is 2.50. The number of nitrogens with two attached hydrogens (primary N) is 1. The first-order chi connectivity index (χ1) is 5.29. The highest BCUT2D eigenvalue weighted by Crippen LogP contribution is 2.08. The van der Waals surface area contributed by atoms with Gasteiger partial charge in [-0.3, -0.25) is 0 Å². The van der Waals surface area contributed by atoms with E-state index in [2.05, 4.69) is 10.1 Å². The van der Waals surface area contributed by atoms with Gasteiger partial charge in [-0.05, 0) is 13.3 Å². The van der Waals surface area contributed by atoms with E-state index in [1.165, 1.54) is 0 Å². The number of nitrogens with zero attached hydrogens (tertiary/aromatic N) is 3. The predicted molar refractivity (Wildman–Crippen MR) is 42.9 cm³/mol. The molecule has 0 aliphatic carbocycles. The Morgan fingerprint density at radius 3 is 2.91 bits per heavy atom. The van der Waals surface area contributed by atoms with Crippen LogP contribution in [0.25, 0.3) is 0 Å². The summed E-state index contributed by atoms with van der Waals surface area (Å²) in [5.74, 6) is 0.884. The van der Waals surface area contributed by atoms with Crippen LogP contribution < -0.4 is 5.73 Å². The minimum absolute atomic E-state index is 0.0254. The Morgan fingerprint density at radius 2 is 2.36 bits per heavy atom. The number of hydrogen-bond acceptors (Lipinski definition) is 3. The standard InChI is InChI=1S/C7H14N4/c1-3-6(8)7-9-5-10-11(7)4-2/h5-6H,3-4,8H2,1-2H3/t6-/m1/s1. The van der Waals surface area contributed by atoms with Crippen molar-refractivity contribution < 1.29 is 0 Å². The molecule has 0 aliphatic rings. The van der Waals surface area contributed by atoms with Crippen molar-refractivity contribution in [2.45, 2.75) is 32.9 Å². The van der Waals surface area contributed by atoms with Crippen molar-refractivity contribution in [2.75, 3.05) is 0 Å². The van der Waals surface area contributed by atoms with Gasteiger partial charge in [-0.2, -0.15) is 5.10 Å². The maximum atomic E-state index is 5.79. The minimum Gasteiger partial charge on any atom is -0.321 e. The molecule has 1 atom stereocenters. The van der Waals surface area contributed by atoms with Crippen molar-refractivity contribution >= 4 is 0 Å². The fraction of sp³-hybridized carbons (Fsp3) is 0.714. The lowest BCUT2D eigenvalue weighted by molar-refractivity contribution is 0.550. The van der Waals surface area contributed by atoms with Crippen molar-refractivity contribution in [3.05, 3.63) is 12.2 Å². The van der Waals surface area contributed by atoms with Gasteiger partial charge in [0.2, 0.25) is 0 Å². The summed E-state index contributed by atoms with van der Waals surface area (Å²) in [4.78, 5) is 4.08. The number of aryl methyl sites for hydroxylation is 1. The van der Waals surface area contributed by atoms with Gasteiger partial charge in [0, 0.05) is 6.54 Å². The zero-order valence-corrected chi connectivity index (χ0v) is 6.99.